The summed E-state index contributed by atoms with van der Waals surface area (Å²) in [7, 11) is 0. The number of carbonyl (C=O) groups excluding carboxylic acids is 1. The second kappa shape index (κ2) is 5.54. The Morgan fingerprint density at radius 3 is 3.05 bits per heavy atom. The smallest absolute Gasteiger partial charge is 0.224 e. The summed E-state index contributed by atoms with van der Waals surface area (Å²) in [6, 6.07) is 9.45. The number of nitrogens with zero attached hydrogens (tertiary/aromatic N) is 3. The van der Waals surface area contributed by atoms with E-state index in [0.717, 1.165) is 16.9 Å². The topological polar surface area (TPSA) is 59.3 Å². The SMILES string of the molecule is CCC(=O)Nc1cccc(-c2ccnc3c(Cl)cnn23)c1. The highest BCUT2D eigenvalue weighted by atomic mass is 35.5. The van der Waals surface area contributed by atoms with Crippen molar-refractivity contribution in [2.45, 2.75) is 13.3 Å². The molecule has 1 aromatic carbocycles. The maximum atomic E-state index is 11.5. The maximum Gasteiger partial charge on any atom is 0.224 e. The molecule has 3 aromatic rings. The van der Waals surface area contributed by atoms with Gasteiger partial charge in [0, 0.05) is 23.9 Å². The highest BCUT2D eigenvalue weighted by molar-refractivity contribution is 6.33. The molecule has 0 unspecified atom stereocenters. The Bertz CT molecular complexity index is 812. The number of nitrogens with one attached hydrogen (secondary N) is 1. The molecule has 2 heterocycles. The zero-order valence-corrected chi connectivity index (χ0v) is 12.1. The van der Waals surface area contributed by atoms with Gasteiger partial charge < -0.3 is 5.32 Å². The minimum atomic E-state index is -0.0193. The van der Waals surface area contributed by atoms with Crippen molar-refractivity contribution in [3.63, 3.8) is 0 Å². The second-order valence-electron chi connectivity index (χ2n) is 4.54. The van der Waals surface area contributed by atoms with Crippen molar-refractivity contribution in [2.24, 2.45) is 0 Å². The minimum Gasteiger partial charge on any atom is -0.326 e. The van der Waals surface area contributed by atoms with Gasteiger partial charge in [0.1, 0.15) is 5.02 Å². The van der Waals surface area contributed by atoms with Crippen LogP contribution in [0.15, 0.2) is 42.7 Å². The van der Waals surface area contributed by atoms with Crippen molar-refractivity contribution >= 4 is 28.8 Å². The number of hydrogen-bond donors (Lipinski definition) is 1. The third-order valence-electron chi connectivity index (χ3n) is 3.12. The molecule has 0 aliphatic carbocycles. The molecule has 0 saturated heterocycles. The number of benzene rings is 1. The van der Waals surface area contributed by atoms with Crippen LogP contribution >= 0.6 is 11.6 Å². The van der Waals surface area contributed by atoms with Gasteiger partial charge in [-0.1, -0.05) is 30.7 Å². The quantitative estimate of drug-likeness (QED) is 0.806. The molecule has 3 rings (SSSR count). The summed E-state index contributed by atoms with van der Waals surface area (Å²) in [5.74, 6) is -0.0193. The first-order valence-corrected chi connectivity index (χ1v) is 6.95. The van der Waals surface area contributed by atoms with Crippen molar-refractivity contribution in [1.29, 1.82) is 0 Å². The summed E-state index contributed by atoms with van der Waals surface area (Å²) in [6.45, 7) is 1.82. The molecule has 0 saturated carbocycles. The van der Waals surface area contributed by atoms with Gasteiger partial charge in [-0.25, -0.2) is 9.50 Å². The first-order chi connectivity index (χ1) is 10.2. The summed E-state index contributed by atoms with van der Waals surface area (Å²) in [5, 5.41) is 7.59. The Morgan fingerprint density at radius 1 is 1.38 bits per heavy atom. The first-order valence-electron chi connectivity index (χ1n) is 6.57. The molecule has 0 fully saturated rings. The second-order valence-corrected chi connectivity index (χ2v) is 4.95. The standard InChI is InChI=1S/C15H13ClN4O/c1-2-14(21)19-11-5-3-4-10(8-11)13-6-7-17-15-12(16)9-18-20(13)15/h3-9H,2H2,1H3,(H,19,21). The van der Waals surface area contributed by atoms with Crippen molar-refractivity contribution in [3.8, 4) is 11.3 Å². The third kappa shape index (κ3) is 2.60. The fraction of sp³-hybridized carbons (Fsp3) is 0.133. The lowest BCUT2D eigenvalue weighted by atomic mass is 10.1. The average molecular weight is 301 g/mol. The minimum absolute atomic E-state index is 0.0193. The van der Waals surface area contributed by atoms with E-state index >= 15 is 0 Å². The molecular formula is C15H13ClN4O. The van der Waals surface area contributed by atoms with Gasteiger partial charge in [-0.2, -0.15) is 5.10 Å². The maximum absolute atomic E-state index is 11.5. The number of aromatic nitrogens is 3. The molecule has 2 aromatic heterocycles. The van der Waals surface area contributed by atoms with E-state index in [9.17, 15) is 4.79 Å². The Balaban J connectivity index is 2.06. The van der Waals surface area contributed by atoms with Crippen LogP contribution in [0.3, 0.4) is 0 Å². The van der Waals surface area contributed by atoms with E-state index in [0.29, 0.717) is 17.1 Å². The summed E-state index contributed by atoms with van der Waals surface area (Å²) in [5.41, 5.74) is 3.15. The van der Waals surface area contributed by atoms with Crippen molar-refractivity contribution in [1.82, 2.24) is 14.6 Å². The normalized spacial score (nSPS) is 10.8. The number of rotatable bonds is 3. The van der Waals surface area contributed by atoms with E-state index < -0.39 is 0 Å². The zero-order valence-electron chi connectivity index (χ0n) is 11.4. The van der Waals surface area contributed by atoms with Crippen LogP contribution in [0.25, 0.3) is 16.9 Å². The third-order valence-corrected chi connectivity index (χ3v) is 3.39. The Kier molecular flexibility index (Phi) is 3.58. The molecule has 21 heavy (non-hydrogen) atoms. The molecule has 0 radical (unpaired) electrons. The van der Waals surface area contributed by atoms with Crippen LogP contribution in [0.4, 0.5) is 5.69 Å². The number of carbonyl (C=O) groups is 1. The van der Waals surface area contributed by atoms with E-state index in [1.165, 1.54) is 0 Å². The molecule has 1 amide bonds. The highest BCUT2D eigenvalue weighted by Gasteiger charge is 2.09. The molecule has 0 aliphatic heterocycles. The van der Waals surface area contributed by atoms with Crippen LogP contribution in [0.2, 0.25) is 5.02 Å². The lowest BCUT2D eigenvalue weighted by Gasteiger charge is -2.08. The van der Waals surface area contributed by atoms with Gasteiger partial charge in [-0.05, 0) is 18.2 Å². The average Bonchev–Trinajstić information content (AvgIpc) is 2.89. The van der Waals surface area contributed by atoms with Crippen LogP contribution in [0, 0.1) is 0 Å². The van der Waals surface area contributed by atoms with Gasteiger partial charge in [-0.15, -0.1) is 0 Å². The number of halogens is 1. The van der Waals surface area contributed by atoms with E-state index in [-0.39, 0.29) is 5.91 Å². The zero-order chi connectivity index (χ0) is 14.8. The van der Waals surface area contributed by atoms with Crippen molar-refractivity contribution in [3.05, 3.63) is 47.7 Å². The largest absolute Gasteiger partial charge is 0.326 e. The van der Waals surface area contributed by atoms with Crippen LogP contribution < -0.4 is 5.32 Å². The van der Waals surface area contributed by atoms with Gasteiger partial charge in [0.15, 0.2) is 5.65 Å². The molecular weight excluding hydrogens is 288 g/mol. The number of amides is 1. The summed E-state index contributed by atoms with van der Waals surface area (Å²) < 4.78 is 1.68. The van der Waals surface area contributed by atoms with Crippen molar-refractivity contribution < 1.29 is 4.79 Å². The molecule has 0 spiro atoms. The monoisotopic (exact) mass is 300 g/mol. The van der Waals surface area contributed by atoms with Gasteiger partial charge >= 0.3 is 0 Å². The van der Waals surface area contributed by atoms with E-state index in [2.05, 4.69) is 15.4 Å². The molecule has 0 atom stereocenters. The van der Waals surface area contributed by atoms with Crippen LogP contribution in [0.1, 0.15) is 13.3 Å². The molecule has 0 bridgehead atoms. The predicted molar refractivity (Wildman–Crippen MR) is 82.4 cm³/mol. The van der Waals surface area contributed by atoms with E-state index in [4.69, 9.17) is 11.6 Å². The van der Waals surface area contributed by atoms with Gasteiger partial charge in [-0.3, -0.25) is 4.79 Å². The lowest BCUT2D eigenvalue weighted by Crippen LogP contribution is -2.09. The molecule has 0 aliphatic rings. The van der Waals surface area contributed by atoms with E-state index in [1.807, 2.05) is 37.3 Å². The van der Waals surface area contributed by atoms with Gasteiger partial charge in [0.25, 0.3) is 0 Å². The van der Waals surface area contributed by atoms with Gasteiger partial charge in [0.05, 0.1) is 11.9 Å². The molecule has 1 N–H and O–H groups in total. The highest BCUT2D eigenvalue weighted by Crippen LogP contribution is 2.25. The summed E-state index contributed by atoms with van der Waals surface area (Å²) in [4.78, 5) is 15.7. The number of anilines is 1. The van der Waals surface area contributed by atoms with Crippen LogP contribution in [-0.2, 0) is 4.79 Å². The Hall–Kier alpha value is -2.40. The molecule has 106 valence electrons. The van der Waals surface area contributed by atoms with Crippen molar-refractivity contribution in [2.75, 3.05) is 5.32 Å². The summed E-state index contributed by atoms with van der Waals surface area (Å²) >= 11 is 6.05. The molecule has 5 nitrogen and oxygen atoms in total. The first kappa shape index (κ1) is 13.6. The van der Waals surface area contributed by atoms with Gasteiger partial charge in [0.2, 0.25) is 5.91 Å². The number of fused-ring (bicyclic) bond motifs is 1. The molecule has 6 heteroatoms. The van der Waals surface area contributed by atoms with Crippen LogP contribution in [0.5, 0.6) is 0 Å². The number of hydrogen-bond acceptors (Lipinski definition) is 3. The fourth-order valence-corrected chi connectivity index (χ4v) is 2.26. The predicted octanol–water partition coefficient (Wildman–Crippen LogP) is 3.40. The fourth-order valence-electron chi connectivity index (χ4n) is 2.09. The lowest BCUT2D eigenvalue weighted by molar-refractivity contribution is -0.115. The van der Waals surface area contributed by atoms with Crippen LogP contribution in [-0.4, -0.2) is 20.5 Å². The van der Waals surface area contributed by atoms with E-state index in [1.54, 1.807) is 16.9 Å². The Labute approximate surface area is 126 Å². The summed E-state index contributed by atoms with van der Waals surface area (Å²) in [6.07, 6.45) is 3.70. The Morgan fingerprint density at radius 2 is 2.24 bits per heavy atom.